The summed E-state index contributed by atoms with van der Waals surface area (Å²) in [5, 5.41) is 36.1. The van der Waals surface area contributed by atoms with Crippen molar-refractivity contribution in [3.05, 3.63) is 49.2 Å². The summed E-state index contributed by atoms with van der Waals surface area (Å²) in [5.74, 6) is -0.220. The molecule has 21 heavy (non-hydrogen) atoms. The Labute approximate surface area is 131 Å². The fraction of sp³-hybridized carbons (Fsp3) is 0. The molecule has 8 nitrogen and oxygen atoms in total. The maximum absolute atomic E-state index is 11.1. The lowest BCUT2D eigenvalue weighted by Crippen LogP contribution is -2.00. The fourth-order valence-corrected chi connectivity index (χ4v) is 2.18. The van der Waals surface area contributed by atoms with E-state index < -0.39 is 4.92 Å². The van der Waals surface area contributed by atoms with Crippen LogP contribution in [0.4, 0.5) is 5.69 Å². The molecule has 0 unspecified atom stereocenters. The van der Waals surface area contributed by atoms with E-state index in [1.54, 1.807) is 0 Å². The number of nitrogens with zero attached hydrogens (tertiary/aromatic N) is 5. The second kappa shape index (κ2) is 6.11. The molecular weight excluding hydrogens is 389 g/mol. The number of benzene rings is 1. The lowest BCUT2D eigenvalue weighted by Gasteiger charge is -2.08. The maximum atomic E-state index is 11.1. The fourth-order valence-electron chi connectivity index (χ4n) is 1.46. The molecule has 0 fully saturated rings. The van der Waals surface area contributed by atoms with Gasteiger partial charge in [-0.25, -0.2) is 0 Å². The van der Waals surface area contributed by atoms with Crippen molar-refractivity contribution in [2.75, 3.05) is 0 Å². The Bertz CT molecular complexity index is 810. The molecule has 0 N–H and O–H groups in total. The van der Waals surface area contributed by atoms with Gasteiger partial charge >= 0.3 is 5.69 Å². The average molecular weight is 393 g/mol. The van der Waals surface area contributed by atoms with Crippen LogP contribution < -0.4 is 4.74 Å². The van der Waals surface area contributed by atoms with Crippen molar-refractivity contribution in [3.8, 4) is 23.8 Å². The number of nitro groups is 1. The highest BCUT2D eigenvalue weighted by Gasteiger charge is 2.22. The topological polar surface area (TPSA) is 126 Å². The first-order chi connectivity index (χ1) is 10.1. The molecule has 1 aromatic heterocycles. The molecule has 2 aromatic rings. The summed E-state index contributed by atoms with van der Waals surface area (Å²) in [6.45, 7) is 0. The highest BCUT2D eigenvalue weighted by Crippen LogP contribution is 2.36. The van der Waals surface area contributed by atoms with Crippen molar-refractivity contribution in [2.24, 2.45) is 0 Å². The second-order valence-corrected chi connectivity index (χ2v) is 4.80. The number of ether oxygens (including phenoxy) is 1. The number of hydrogen-bond donors (Lipinski definition) is 0. The number of aromatic nitrogens is 2. The van der Waals surface area contributed by atoms with Crippen molar-refractivity contribution in [2.45, 2.75) is 0 Å². The molecule has 2 rings (SSSR count). The molecule has 102 valence electrons. The van der Waals surface area contributed by atoms with Gasteiger partial charge in [-0.3, -0.25) is 10.1 Å². The number of nitriles is 2. The van der Waals surface area contributed by atoms with Gasteiger partial charge in [0, 0.05) is 6.07 Å². The molecule has 0 spiro atoms. The number of halogens is 1. The van der Waals surface area contributed by atoms with Crippen molar-refractivity contribution >= 4 is 28.3 Å². The minimum Gasteiger partial charge on any atom is -0.428 e. The Morgan fingerprint density at radius 1 is 1.33 bits per heavy atom. The molecule has 0 saturated carbocycles. The Hall–Kier alpha value is -2.79. The number of rotatable bonds is 3. The van der Waals surface area contributed by atoms with Crippen LogP contribution >= 0.6 is 22.6 Å². The van der Waals surface area contributed by atoms with Gasteiger partial charge in [-0.05, 0) is 34.7 Å². The summed E-state index contributed by atoms with van der Waals surface area (Å²) < 4.78 is 5.72. The van der Waals surface area contributed by atoms with E-state index in [1.807, 2.05) is 34.7 Å². The largest absolute Gasteiger partial charge is 0.428 e. The predicted octanol–water partition coefficient (Wildman–Crippen LogP) is 2.53. The van der Waals surface area contributed by atoms with Gasteiger partial charge in [0.05, 0.1) is 26.3 Å². The van der Waals surface area contributed by atoms with Gasteiger partial charge in [0.1, 0.15) is 11.6 Å². The van der Waals surface area contributed by atoms with Crippen molar-refractivity contribution in [1.29, 1.82) is 10.5 Å². The van der Waals surface area contributed by atoms with Gasteiger partial charge in [-0.2, -0.15) is 15.6 Å². The number of nitro benzene ring substituents is 1. The Morgan fingerprint density at radius 2 is 2.10 bits per heavy atom. The maximum Gasteiger partial charge on any atom is 0.314 e. The molecule has 9 heteroatoms. The van der Waals surface area contributed by atoms with E-state index in [4.69, 9.17) is 15.3 Å². The van der Waals surface area contributed by atoms with E-state index in [9.17, 15) is 10.1 Å². The van der Waals surface area contributed by atoms with Crippen LogP contribution in [0, 0.1) is 36.3 Å². The van der Waals surface area contributed by atoms with Crippen molar-refractivity contribution < 1.29 is 9.66 Å². The summed E-state index contributed by atoms with van der Waals surface area (Å²) in [6.07, 6.45) is 1.31. The van der Waals surface area contributed by atoms with Crippen molar-refractivity contribution in [1.82, 2.24) is 10.2 Å². The smallest absolute Gasteiger partial charge is 0.314 e. The standard InChI is InChI=1S/C12H4IN5O3/c13-9-3-7(5-14)4-10(18(19)20)11(9)21-12-8(6-15)1-2-16-17-12/h1-4H. The van der Waals surface area contributed by atoms with Crippen LogP contribution in [0.25, 0.3) is 0 Å². The summed E-state index contributed by atoms with van der Waals surface area (Å²) in [5.41, 5.74) is -0.148. The third-order valence-electron chi connectivity index (χ3n) is 2.36. The van der Waals surface area contributed by atoms with Crippen LogP contribution in [0.5, 0.6) is 11.6 Å². The molecule has 0 saturated heterocycles. The highest BCUT2D eigenvalue weighted by atomic mass is 127. The summed E-state index contributed by atoms with van der Waals surface area (Å²) in [6, 6.07) is 7.60. The first-order valence-electron chi connectivity index (χ1n) is 5.34. The highest BCUT2D eigenvalue weighted by molar-refractivity contribution is 14.1. The Morgan fingerprint density at radius 3 is 2.71 bits per heavy atom. The predicted molar refractivity (Wildman–Crippen MR) is 77.3 cm³/mol. The third kappa shape index (κ3) is 3.04. The van der Waals surface area contributed by atoms with Gasteiger partial charge < -0.3 is 4.74 Å². The molecule has 1 aromatic carbocycles. The van der Waals surface area contributed by atoms with Crippen LogP contribution in [0.3, 0.4) is 0 Å². The van der Waals surface area contributed by atoms with E-state index in [-0.39, 0.29) is 28.4 Å². The van der Waals surface area contributed by atoms with Gasteiger partial charge in [0.2, 0.25) is 5.75 Å². The zero-order valence-corrected chi connectivity index (χ0v) is 12.3. The van der Waals surface area contributed by atoms with Crippen LogP contribution in [-0.4, -0.2) is 15.1 Å². The van der Waals surface area contributed by atoms with Crippen LogP contribution in [0.1, 0.15) is 11.1 Å². The van der Waals surface area contributed by atoms with Crippen LogP contribution in [0.15, 0.2) is 24.4 Å². The van der Waals surface area contributed by atoms with E-state index in [0.717, 1.165) is 6.07 Å². The summed E-state index contributed by atoms with van der Waals surface area (Å²) >= 11 is 1.81. The summed E-state index contributed by atoms with van der Waals surface area (Å²) in [4.78, 5) is 10.4. The minimum absolute atomic E-state index is 0.0865. The molecule has 1 heterocycles. The third-order valence-corrected chi connectivity index (χ3v) is 3.16. The van der Waals surface area contributed by atoms with Gasteiger partial charge in [-0.15, -0.1) is 5.10 Å². The molecule has 0 aliphatic rings. The van der Waals surface area contributed by atoms with Crippen LogP contribution in [0.2, 0.25) is 0 Å². The van der Waals surface area contributed by atoms with Gasteiger partial charge in [0.25, 0.3) is 5.88 Å². The van der Waals surface area contributed by atoms with E-state index in [2.05, 4.69) is 10.2 Å². The Kier molecular flexibility index (Phi) is 4.25. The molecule has 0 aliphatic heterocycles. The van der Waals surface area contributed by atoms with E-state index in [1.165, 1.54) is 18.3 Å². The molecule has 0 atom stereocenters. The monoisotopic (exact) mass is 393 g/mol. The number of hydrogen-bond acceptors (Lipinski definition) is 7. The van der Waals surface area contributed by atoms with E-state index in [0.29, 0.717) is 3.57 Å². The van der Waals surface area contributed by atoms with Gasteiger partial charge in [0.15, 0.2) is 0 Å². The van der Waals surface area contributed by atoms with Gasteiger partial charge in [-0.1, -0.05) is 0 Å². The lowest BCUT2D eigenvalue weighted by atomic mass is 10.2. The molecule has 0 aliphatic carbocycles. The zero-order chi connectivity index (χ0) is 15.4. The van der Waals surface area contributed by atoms with Crippen molar-refractivity contribution in [3.63, 3.8) is 0 Å². The zero-order valence-electron chi connectivity index (χ0n) is 10.1. The molecule has 0 radical (unpaired) electrons. The first-order valence-corrected chi connectivity index (χ1v) is 6.42. The van der Waals surface area contributed by atoms with Crippen LogP contribution in [-0.2, 0) is 0 Å². The minimum atomic E-state index is -0.666. The lowest BCUT2D eigenvalue weighted by molar-refractivity contribution is -0.385. The average Bonchev–Trinajstić information content (AvgIpc) is 2.49. The SMILES string of the molecule is N#Cc1cc(I)c(Oc2nnccc2C#N)c([N+](=O)[O-])c1. The molecule has 0 bridgehead atoms. The summed E-state index contributed by atoms with van der Waals surface area (Å²) in [7, 11) is 0. The normalized spacial score (nSPS) is 9.48. The quantitative estimate of drug-likeness (QED) is 0.446. The Balaban J connectivity index is 2.57. The van der Waals surface area contributed by atoms with E-state index >= 15 is 0 Å². The second-order valence-electron chi connectivity index (χ2n) is 3.64. The molecular formula is C12H4IN5O3. The first kappa shape index (κ1) is 14.6. The molecule has 0 amide bonds.